The lowest BCUT2D eigenvalue weighted by Gasteiger charge is -2.18. The molecule has 3 N–H and O–H groups in total. The standard InChI is InChI=1S/C12H17Cl2N3O/c1-2-17(6-5-15)8-12(18)16-9-3-4-10(13)11(14)7-9/h3-4,7H,2,5-6,8,15H2,1H3,(H,16,18). The first-order valence-electron chi connectivity index (χ1n) is 5.74. The van der Waals surface area contributed by atoms with Crippen LogP contribution in [0.4, 0.5) is 5.69 Å². The summed E-state index contributed by atoms with van der Waals surface area (Å²) < 4.78 is 0. The van der Waals surface area contributed by atoms with Gasteiger partial charge in [0.15, 0.2) is 0 Å². The summed E-state index contributed by atoms with van der Waals surface area (Å²) >= 11 is 11.7. The van der Waals surface area contributed by atoms with E-state index in [-0.39, 0.29) is 5.91 Å². The molecule has 0 bridgehead atoms. The van der Waals surface area contributed by atoms with E-state index in [1.54, 1.807) is 18.2 Å². The molecule has 1 aromatic carbocycles. The third-order valence-corrected chi connectivity index (χ3v) is 3.20. The first kappa shape index (κ1) is 15.2. The van der Waals surface area contributed by atoms with E-state index in [4.69, 9.17) is 28.9 Å². The minimum absolute atomic E-state index is 0.0938. The van der Waals surface area contributed by atoms with Gasteiger partial charge in [-0.3, -0.25) is 9.69 Å². The molecule has 1 amide bonds. The zero-order valence-corrected chi connectivity index (χ0v) is 11.8. The molecule has 0 aliphatic heterocycles. The van der Waals surface area contributed by atoms with Crippen LogP contribution in [0.5, 0.6) is 0 Å². The smallest absolute Gasteiger partial charge is 0.238 e. The average molecular weight is 290 g/mol. The highest BCUT2D eigenvalue weighted by molar-refractivity contribution is 6.42. The number of amides is 1. The van der Waals surface area contributed by atoms with Crippen molar-refractivity contribution in [3.8, 4) is 0 Å². The number of hydrogen-bond donors (Lipinski definition) is 2. The first-order valence-corrected chi connectivity index (χ1v) is 6.49. The monoisotopic (exact) mass is 289 g/mol. The predicted octanol–water partition coefficient (Wildman–Crippen LogP) is 2.21. The van der Waals surface area contributed by atoms with Gasteiger partial charge in [-0.25, -0.2) is 0 Å². The molecule has 1 aromatic rings. The van der Waals surface area contributed by atoms with Crippen LogP contribution >= 0.6 is 23.2 Å². The van der Waals surface area contributed by atoms with E-state index in [1.807, 2.05) is 11.8 Å². The highest BCUT2D eigenvalue weighted by Gasteiger charge is 2.09. The number of carbonyl (C=O) groups excluding carboxylic acids is 1. The van der Waals surface area contributed by atoms with Crippen molar-refractivity contribution in [1.29, 1.82) is 0 Å². The fraction of sp³-hybridized carbons (Fsp3) is 0.417. The van der Waals surface area contributed by atoms with Crippen molar-refractivity contribution in [3.63, 3.8) is 0 Å². The second-order valence-electron chi connectivity index (χ2n) is 3.83. The summed E-state index contributed by atoms with van der Waals surface area (Å²) in [4.78, 5) is 13.7. The molecule has 1 rings (SSSR count). The fourth-order valence-electron chi connectivity index (χ4n) is 1.51. The Kier molecular flexibility index (Phi) is 6.43. The van der Waals surface area contributed by atoms with Crippen LogP contribution in [0.3, 0.4) is 0 Å². The lowest BCUT2D eigenvalue weighted by molar-refractivity contribution is -0.117. The molecule has 100 valence electrons. The van der Waals surface area contributed by atoms with Crippen molar-refractivity contribution in [1.82, 2.24) is 4.90 Å². The maximum atomic E-state index is 11.8. The third-order valence-electron chi connectivity index (χ3n) is 2.46. The van der Waals surface area contributed by atoms with Crippen LogP contribution in [0.15, 0.2) is 18.2 Å². The number of anilines is 1. The van der Waals surface area contributed by atoms with E-state index in [9.17, 15) is 4.79 Å². The fourth-order valence-corrected chi connectivity index (χ4v) is 1.81. The SMILES string of the molecule is CCN(CCN)CC(=O)Nc1ccc(Cl)c(Cl)c1. The Morgan fingerprint density at radius 3 is 2.67 bits per heavy atom. The van der Waals surface area contributed by atoms with Crippen molar-refractivity contribution in [3.05, 3.63) is 28.2 Å². The molecule has 4 nitrogen and oxygen atoms in total. The maximum Gasteiger partial charge on any atom is 0.238 e. The Bertz CT molecular complexity index is 412. The van der Waals surface area contributed by atoms with Crippen molar-refractivity contribution < 1.29 is 4.79 Å². The summed E-state index contributed by atoms with van der Waals surface area (Å²) in [7, 11) is 0. The van der Waals surface area contributed by atoms with Crippen LogP contribution in [-0.2, 0) is 4.79 Å². The van der Waals surface area contributed by atoms with Crippen LogP contribution in [0.25, 0.3) is 0 Å². The highest BCUT2D eigenvalue weighted by atomic mass is 35.5. The van der Waals surface area contributed by atoms with E-state index in [0.717, 1.165) is 6.54 Å². The van der Waals surface area contributed by atoms with Crippen LogP contribution < -0.4 is 11.1 Å². The average Bonchev–Trinajstić information content (AvgIpc) is 2.33. The highest BCUT2D eigenvalue weighted by Crippen LogP contribution is 2.24. The van der Waals surface area contributed by atoms with E-state index < -0.39 is 0 Å². The molecule has 18 heavy (non-hydrogen) atoms. The second-order valence-corrected chi connectivity index (χ2v) is 4.65. The molecule has 0 heterocycles. The van der Waals surface area contributed by atoms with Gasteiger partial charge in [0.2, 0.25) is 5.91 Å². The quantitative estimate of drug-likeness (QED) is 0.844. The Morgan fingerprint density at radius 1 is 1.39 bits per heavy atom. The summed E-state index contributed by atoms with van der Waals surface area (Å²) in [6.07, 6.45) is 0. The zero-order valence-electron chi connectivity index (χ0n) is 10.2. The number of nitrogens with zero attached hydrogens (tertiary/aromatic N) is 1. The van der Waals surface area contributed by atoms with Gasteiger partial charge in [0.25, 0.3) is 0 Å². The van der Waals surface area contributed by atoms with Gasteiger partial charge in [-0.2, -0.15) is 0 Å². The van der Waals surface area contributed by atoms with Gasteiger partial charge in [0.05, 0.1) is 16.6 Å². The number of halogens is 2. The van der Waals surface area contributed by atoms with Crippen LogP contribution in [-0.4, -0.2) is 37.0 Å². The van der Waals surface area contributed by atoms with Crippen molar-refractivity contribution in [2.45, 2.75) is 6.92 Å². The second kappa shape index (κ2) is 7.59. The van der Waals surface area contributed by atoms with Gasteiger partial charge < -0.3 is 11.1 Å². The van der Waals surface area contributed by atoms with E-state index in [2.05, 4.69) is 5.32 Å². The van der Waals surface area contributed by atoms with Crippen molar-refractivity contribution >= 4 is 34.8 Å². The van der Waals surface area contributed by atoms with Crippen LogP contribution in [0.1, 0.15) is 6.92 Å². The summed E-state index contributed by atoms with van der Waals surface area (Å²) in [5.74, 6) is -0.0938. The normalized spacial score (nSPS) is 10.7. The number of benzene rings is 1. The van der Waals surface area contributed by atoms with Crippen LogP contribution in [0.2, 0.25) is 10.0 Å². The molecule has 0 atom stereocenters. The molecule has 6 heteroatoms. The number of carbonyl (C=O) groups is 1. The third kappa shape index (κ3) is 4.82. The summed E-state index contributed by atoms with van der Waals surface area (Å²) in [5.41, 5.74) is 6.10. The number of rotatable bonds is 6. The van der Waals surface area contributed by atoms with Crippen molar-refractivity contribution in [2.75, 3.05) is 31.5 Å². The summed E-state index contributed by atoms with van der Waals surface area (Å²) in [6, 6.07) is 4.99. The Hall–Kier alpha value is -0.810. The Balaban J connectivity index is 2.55. The molecule has 0 radical (unpaired) electrons. The molecular formula is C12H17Cl2N3O. The number of hydrogen-bond acceptors (Lipinski definition) is 3. The molecule has 0 unspecified atom stereocenters. The van der Waals surface area contributed by atoms with Crippen molar-refractivity contribution in [2.24, 2.45) is 5.73 Å². The van der Waals surface area contributed by atoms with Gasteiger partial charge in [-0.05, 0) is 24.7 Å². The summed E-state index contributed by atoms with van der Waals surface area (Å²) in [6.45, 7) is 4.32. The van der Waals surface area contributed by atoms with Gasteiger partial charge in [0.1, 0.15) is 0 Å². The molecule has 0 saturated carbocycles. The lowest BCUT2D eigenvalue weighted by atomic mass is 10.3. The molecule has 0 aromatic heterocycles. The Morgan fingerprint density at radius 2 is 2.11 bits per heavy atom. The molecular weight excluding hydrogens is 273 g/mol. The first-order chi connectivity index (χ1) is 8.56. The number of likely N-dealkylation sites (N-methyl/N-ethyl adjacent to an activating group) is 1. The van der Waals surface area contributed by atoms with E-state index in [1.165, 1.54) is 0 Å². The van der Waals surface area contributed by atoms with Gasteiger partial charge in [-0.15, -0.1) is 0 Å². The Labute approximate surface area is 117 Å². The summed E-state index contributed by atoms with van der Waals surface area (Å²) in [5, 5.41) is 3.65. The topological polar surface area (TPSA) is 58.4 Å². The lowest BCUT2D eigenvalue weighted by Crippen LogP contribution is -2.36. The van der Waals surface area contributed by atoms with Crippen LogP contribution in [0, 0.1) is 0 Å². The maximum absolute atomic E-state index is 11.8. The molecule has 0 spiro atoms. The number of nitrogens with one attached hydrogen (secondary N) is 1. The van der Waals surface area contributed by atoms with Gasteiger partial charge in [-0.1, -0.05) is 30.1 Å². The zero-order chi connectivity index (χ0) is 13.5. The molecule has 0 fully saturated rings. The van der Waals surface area contributed by atoms with E-state index in [0.29, 0.717) is 35.4 Å². The van der Waals surface area contributed by atoms with Gasteiger partial charge in [0, 0.05) is 18.8 Å². The van der Waals surface area contributed by atoms with E-state index >= 15 is 0 Å². The molecule has 0 saturated heterocycles. The molecule has 0 aliphatic rings. The minimum Gasteiger partial charge on any atom is -0.329 e. The number of nitrogens with two attached hydrogens (primary N) is 1. The minimum atomic E-state index is -0.0938. The largest absolute Gasteiger partial charge is 0.329 e. The van der Waals surface area contributed by atoms with Gasteiger partial charge >= 0.3 is 0 Å². The predicted molar refractivity (Wildman–Crippen MR) is 76.3 cm³/mol. The molecule has 0 aliphatic carbocycles.